The highest BCUT2D eigenvalue weighted by atomic mass is 79.9. The van der Waals surface area contributed by atoms with Gasteiger partial charge in [0, 0.05) is 30.1 Å². The molecule has 3 aromatic rings. The molecule has 0 N–H and O–H groups in total. The summed E-state index contributed by atoms with van der Waals surface area (Å²) in [5, 5.41) is 0. The lowest BCUT2D eigenvalue weighted by molar-refractivity contribution is 0.0997. The third kappa shape index (κ3) is 6.28. The van der Waals surface area contributed by atoms with Crippen molar-refractivity contribution in [3.05, 3.63) is 106 Å². The van der Waals surface area contributed by atoms with E-state index in [-0.39, 0.29) is 0 Å². The average Bonchev–Trinajstić information content (AvgIpc) is 2.79. The monoisotopic (exact) mass is 462 g/mol. The molecule has 1 aliphatic heterocycles. The van der Waals surface area contributed by atoms with Crippen molar-refractivity contribution in [1.82, 2.24) is 9.80 Å². The van der Waals surface area contributed by atoms with Gasteiger partial charge in [-0.25, -0.2) is 0 Å². The molecule has 1 heterocycles. The van der Waals surface area contributed by atoms with Gasteiger partial charge in [-0.05, 0) is 61.2 Å². The molecule has 0 saturated carbocycles. The first-order chi connectivity index (χ1) is 14.8. The first-order valence-electron chi connectivity index (χ1n) is 11.0. The van der Waals surface area contributed by atoms with Crippen LogP contribution in [-0.2, 0) is 19.5 Å². The molecule has 1 fully saturated rings. The molecule has 3 aromatic carbocycles. The van der Waals surface area contributed by atoms with Crippen molar-refractivity contribution in [3.8, 4) is 0 Å². The third-order valence-corrected chi connectivity index (χ3v) is 6.62. The lowest BCUT2D eigenvalue weighted by Gasteiger charge is -2.39. The highest BCUT2D eigenvalue weighted by Crippen LogP contribution is 2.22. The van der Waals surface area contributed by atoms with Gasteiger partial charge in [0.15, 0.2) is 0 Å². The Labute approximate surface area is 189 Å². The van der Waals surface area contributed by atoms with Gasteiger partial charge in [-0.1, -0.05) is 88.7 Å². The van der Waals surface area contributed by atoms with Gasteiger partial charge in [0.05, 0.1) is 0 Å². The van der Waals surface area contributed by atoms with Crippen LogP contribution in [0.1, 0.15) is 29.5 Å². The summed E-state index contributed by atoms with van der Waals surface area (Å²) in [7, 11) is 0. The lowest BCUT2D eigenvalue weighted by Crippen LogP contribution is -2.45. The van der Waals surface area contributed by atoms with Gasteiger partial charge < -0.3 is 0 Å². The molecule has 0 aliphatic carbocycles. The van der Waals surface area contributed by atoms with Crippen molar-refractivity contribution in [3.63, 3.8) is 0 Å². The van der Waals surface area contributed by atoms with E-state index in [0.717, 1.165) is 26.1 Å². The Morgan fingerprint density at radius 1 is 0.767 bits per heavy atom. The zero-order valence-corrected chi connectivity index (χ0v) is 19.2. The van der Waals surface area contributed by atoms with E-state index in [1.54, 1.807) is 0 Å². The maximum absolute atomic E-state index is 3.60. The fourth-order valence-corrected chi connectivity index (χ4v) is 4.91. The molecule has 0 spiro atoms. The topological polar surface area (TPSA) is 6.48 Å². The Hall–Kier alpha value is -1.94. The summed E-state index contributed by atoms with van der Waals surface area (Å²) in [5.74, 6) is 0. The number of nitrogens with zero attached hydrogens (tertiary/aromatic N) is 2. The second-order valence-corrected chi connectivity index (χ2v) is 9.24. The van der Waals surface area contributed by atoms with Crippen molar-refractivity contribution >= 4 is 15.9 Å². The molecule has 156 valence electrons. The summed E-state index contributed by atoms with van der Waals surface area (Å²) >= 11 is 3.60. The smallest absolute Gasteiger partial charge is 0.0236 e. The maximum Gasteiger partial charge on any atom is 0.0236 e. The molecule has 3 heteroatoms. The Bertz CT molecular complexity index is 889. The van der Waals surface area contributed by atoms with Gasteiger partial charge in [-0.2, -0.15) is 0 Å². The summed E-state index contributed by atoms with van der Waals surface area (Å²) in [6.07, 6.45) is 3.61. The number of benzene rings is 3. The van der Waals surface area contributed by atoms with E-state index in [4.69, 9.17) is 0 Å². The van der Waals surface area contributed by atoms with E-state index in [0.29, 0.717) is 6.04 Å². The van der Waals surface area contributed by atoms with Crippen LogP contribution in [0, 0.1) is 0 Å². The quantitative estimate of drug-likeness (QED) is 0.395. The Balaban J connectivity index is 1.36. The fourth-order valence-electron chi connectivity index (χ4n) is 4.46. The van der Waals surface area contributed by atoms with Gasteiger partial charge in [0.1, 0.15) is 0 Å². The van der Waals surface area contributed by atoms with Crippen molar-refractivity contribution in [2.24, 2.45) is 0 Å². The Morgan fingerprint density at radius 2 is 1.40 bits per heavy atom. The Kier molecular flexibility index (Phi) is 7.74. The maximum atomic E-state index is 3.60. The zero-order chi connectivity index (χ0) is 20.6. The molecule has 0 aromatic heterocycles. The van der Waals surface area contributed by atoms with Crippen molar-refractivity contribution < 1.29 is 0 Å². The normalized spacial score (nSPS) is 15.5. The highest BCUT2D eigenvalue weighted by Gasteiger charge is 2.24. The molecule has 0 bridgehead atoms. The molecule has 1 aliphatic rings. The number of hydrogen-bond donors (Lipinski definition) is 0. The van der Waals surface area contributed by atoms with Crippen LogP contribution in [0.3, 0.4) is 0 Å². The zero-order valence-electron chi connectivity index (χ0n) is 17.6. The minimum absolute atomic E-state index is 0.660. The molecular formula is C27H31BrN2. The van der Waals surface area contributed by atoms with E-state index in [1.807, 2.05) is 0 Å². The summed E-state index contributed by atoms with van der Waals surface area (Å²) in [4.78, 5) is 5.33. The van der Waals surface area contributed by atoms with Gasteiger partial charge in [0.2, 0.25) is 0 Å². The average molecular weight is 463 g/mol. The summed E-state index contributed by atoms with van der Waals surface area (Å²) in [5.41, 5.74) is 4.25. The number of piperidine rings is 1. The number of halogens is 1. The highest BCUT2D eigenvalue weighted by molar-refractivity contribution is 9.10. The number of hydrogen-bond acceptors (Lipinski definition) is 2. The number of likely N-dealkylation sites (tertiary alicyclic amines) is 1. The fraction of sp³-hybridized carbons (Fsp3) is 0.333. The van der Waals surface area contributed by atoms with Crippen LogP contribution >= 0.6 is 15.9 Å². The van der Waals surface area contributed by atoms with E-state index in [1.165, 1.54) is 47.1 Å². The standard InChI is InChI=1S/C27H31BrN2/c28-26-13-7-12-25(20-26)21-29-17-15-27(16-18-29)30(22-24-10-5-2-6-11-24)19-14-23-8-3-1-4-9-23/h1-13,20,27H,14-19,21-22H2. The van der Waals surface area contributed by atoms with E-state index < -0.39 is 0 Å². The number of rotatable bonds is 8. The molecular weight excluding hydrogens is 432 g/mol. The predicted molar refractivity (Wildman–Crippen MR) is 129 cm³/mol. The van der Waals surface area contributed by atoms with Gasteiger partial charge in [0.25, 0.3) is 0 Å². The minimum Gasteiger partial charge on any atom is -0.299 e. The first kappa shape index (κ1) is 21.3. The van der Waals surface area contributed by atoms with Gasteiger partial charge >= 0.3 is 0 Å². The largest absolute Gasteiger partial charge is 0.299 e. The summed E-state index contributed by atoms with van der Waals surface area (Å²) in [6.45, 7) is 5.57. The second kappa shape index (κ2) is 10.9. The first-order valence-corrected chi connectivity index (χ1v) is 11.8. The van der Waals surface area contributed by atoms with Crippen LogP contribution < -0.4 is 0 Å². The van der Waals surface area contributed by atoms with E-state index in [9.17, 15) is 0 Å². The summed E-state index contributed by atoms with van der Waals surface area (Å²) < 4.78 is 1.17. The molecule has 0 amide bonds. The van der Waals surface area contributed by atoms with E-state index in [2.05, 4.69) is 111 Å². The second-order valence-electron chi connectivity index (χ2n) is 8.33. The van der Waals surface area contributed by atoms with Crippen LogP contribution in [-0.4, -0.2) is 35.5 Å². The van der Waals surface area contributed by atoms with Crippen LogP contribution in [0.5, 0.6) is 0 Å². The minimum atomic E-state index is 0.660. The summed E-state index contributed by atoms with van der Waals surface area (Å²) in [6, 6.07) is 31.2. The molecule has 0 unspecified atom stereocenters. The van der Waals surface area contributed by atoms with Crippen molar-refractivity contribution in [2.45, 2.75) is 38.4 Å². The van der Waals surface area contributed by atoms with Crippen molar-refractivity contribution in [2.75, 3.05) is 19.6 Å². The predicted octanol–water partition coefficient (Wildman–Crippen LogP) is 6.16. The lowest BCUT2D eigenvalue weighted by atomic mass is 10.0. The van der Waals surface area contributed by atoms with Crippen LogP contribution in [0.15, 0.2) is 89.4 Å². The van der Waals surface area contributed by atoms with Crippen LogP contribution in [0.4, 0.5) is 0 Å². The van der Waals surface area contributed by atoms with Gasteiger partial charge in [-0.15, -0.1) is 0 Å². The molecule has 30 heavy (non-hydrogen) atoms. The van der Waals surface area contributed by atoms with Crippen LogP contribution in [0.25, 0.3) is 0 Å². The molecule has 0 radical (unpaired) electrons. The Morgan fingerprint density at radius 3 is 2.07 bits per heavy atom. The van der Waals surface area contributed by atoms with E-state index >= 15 is 0 Å². The van der Waals surface area contributed by atoms with Gasteiger partial charge in [-0.3, -0.25) is 9.80 Å². The van der Waals surface area contributed by atoms with Crippen molar-refractivity contribution in [1.29, 1.82) is 0 Å². The molecule has 2 nitrogen and oxygen atoms in total. The SMILES string of the molecule is Brc1cccc(CN2CCC(N(CCc3ccccc3)Cc3ccccc3)CC2)c1. The third-order valence-electron chi connectivity index (χ3n) is 6.13. The molecule has 4 rings (SSSR count). The molecule has 1 saturated heterocycles. The van der Waals surface area contributed by atoms with Crippen LogP contribution in [0.2, 0.25) is 0 Å². The molecule has 0 atom stereocenters.